The van der Waals surface area contributed by atoms with Crippen molar-refractivity contribution in [3.63, 3.8) is 0 Å². The molecule has 2 aromatic rings. The molecular formula is C16H17FN2O3S. The number of amides is 2. The van der Waals surface area contributed by atoms with Gasteiger partial charge in [0.25, 0.3) is 0 Å². The molecule has 1 unspecified atom stereocenters. The van der Waals surface area contributed by atoms with Gasteiger partial charge in [0.2, 0.25) is 0 Å². The Morgan fingerprint density at radius 1 is 1.13 bits per heavy atom. The van der Waals surface area contributed by atoms with Crippen LogP contribution in [0.3, 0.4) is 0 Å². The van der Waals surface area contributed by atoms with Crippen molar-refractivity contribution in [2.24, 2.45) is 0 Å². The Labute approximate surface area is 136 Å². The van der Waals surface area contributed by atoms with Crippen LogP contribution in [0.25, 0.3) is 0 Å². The fourth-order valence-electron chi connectivity index (χ4n) is 1.96. The van der Waals surface area contributed by atoms with Crippen LogP contribution < -0.4 is 10.6 Å². The van der Waals surface area contributed by atoms with E-state index in [9.17, 15) is 13.4 Å². The van der Waals surface area contributed by atoms with Crippen molar-refractivity contribution in [2.75, 3.05) is 24.0 Å². The predicted octanol–water partition coefficient (Wildman–Crippen LogP) is 3.35. The number of nitrogens with one attached hydrogen (secondary N) is 2. The number of rotatable bonds is 5. The molecule has 122 valence electrons. The summed E-state index contributed by atoms with van der Waals surface area (Å²) < 4.78 is 30.0. The number of hydrogen-bond donors (Lipinski definition) is 2. The van der Waals surface area contributed by atoms with Gasteiger partial charge in [0.1, 0.15) is 5.82 Å². The van der Waals surface area contributed by atoms with E-state index in [1.807, 2.05) is 12.1 Å². The number of ether oxygens (including phenoxy) is 1. The van der Waals surface area contributed by atoms with Gasteiger partial charge in [-0.3, -0.25) is 4.21 Å². The molecule has 0 aliphatic carbocycles. The van der Waals surface area contributed by atoms with Crippen molar-refractivity contribution in [1.29, 1.82) is 0 Å². The third-order valence-corrected chi connectivity index (χ3v) is 3.97. The SMILES string of the molecule is COCc1ccc(NC(=O)Nc2ccc(S(C)=O)c(F)c2)cc1. The van der Waals surface area contributed by atoms with Gasteiger partial charge in [-0.05, 0) is 35.9 Å². The molecule has 5 nitrogen and oxygen atoms in total. The highest BCUT2D eigenvalue weighted by molar-refractivity contribution is 7.84. The number of halogens is 1. The quantitative estimate of drug-likeness (QED) is 0.880. The number of hydrogen-bond acceptors (Lipinski definition) is 3. The Balaban J connectivity index is 1.99. The van der Waals surface area contributed by atoms with Crippen LogP contribution in [-0.4, -0.2) is 23.6 Å². The molecule has 0 bridgehead atoms. The summed E-state index contributed by atoms with van der Waals surface area (Å²) >= 11 is 0. The van der Waals surface area contributed by atoms with Crippen molar-refractivity contribution in [2.45, 2.75) is 11.5 Å². The van der Waals surface area contributed by atoms with Gasteiger partial charge in [0.05, 0.1) is 22.3 Å². The molecule has 0 aliphatic rings. The smallest absolute Gasteiger partial charge is 0.323 e. The normalized spacial score (nSPS) is 11.8. The summed E-state index contributed by atoms with van der Waals surface area (Å²) in [5, 5.41) is 5.17. The number of anilines is 2. The average Bonchev–Trinajstić information content (AvgIpc) is 2.49. The topological polar surface area (TPSA) is 67.4 Å². The third kappa shape index (κ3) is 4.87. The molecule has 0 saturated carbocycles. The van der Waals surface area contributed by atoms with Crippen LogP contribution in [0.2, 0.25) is 0 Å². The lowest BCUT2D eigenvalue weighted by atomic mass is 10.2. The maximum Gasteiger partial charge on any atom is 0.323 e. The molecule has 0 aromatic heterocycles. The minimum Gasteiger partial charge on any atom is -0.380 e. The molecule has 2 aromatic carbocycles. The number of carbonyl (C=O) groups excluding carboxylic acids is 1. The van der Waals surface area contributed by atoms with Crippen molar-refractivity contribution in [3.8, 4) is 0 Å². The molecule has 7 heteroatoms. The first kappa shape index (κ1) is 17.1. The van der Waals surface area contributed by atoms with Gasteiger partial charge < -0.3 is 15.4 Å². The molecule has 23 heavy (non-hydrogen) atoms. The summed E-state index contributed by atoms with van der Waals surface area (Å²) in [4.78, 5) is 12.0. The van der Waals surface area contributed by atoms with E-state index in [1.54, 1.807) is 19.2 Å². The first-order chi connectivity index (χ1) is 11.0. The summed E-state index contributed by atoms with van der Waals surface area (Å²) in [6.45, 7) is 0.497. The Morgan fingerprint density at radius 2 is 1.74 bits per heavy atom. The molecule has 0 aliphatic heterocycles. The molecule has 0 radical (unpaired) electrons. The predicted molar refractivity (Wildman–Crippen MR) is 88.5 cm³/mol. The second-order valence-corrected chi connectivity index (χ2v) is 6.16. The van der Waals surface area contributed by atoms with Crippen LogP contribution in [0.5, 0.6) is 0 Å². The Bertz CT molecular complexity index is 720. The van der Waals surface area contributed by atoms with Gasteiger partial charge in [0.15, 0.2) is 0 Å². The first-order valence-corrected chi connectivity index (χ1v) is 8.34. The fraction of sp³-hybridized carbons (Fsp3) is 0.188. The molecule has 0 saturated heterocycles. The average molecular weight is 336 g/mol. The van der Waals surface area contributed by atoms with Crippen LogP contribution >= 0.6 is 0 Å². The zero-order valence-electron chi connectivity index (χ0n) is 12.8. The number of methoxy groups -OCH3 is 1. The standard InChI is InChI=1S/C16H17FN2O3S/c1-22-10-11-3-5-12(6-4-11)18-16(20)19-13-7-8-15(23(2)21)14(17)9-13/h3-9H,10H2,1-2H3,(H2,18,19,20). The largest absolute Gasteiger partial charge is 0.380 e. The highest BCUT2D eigenvalue weighted by Gasteiger charge is 2.09. The van der Waals surface area contributed by atoms with E-state index in [0.717, 1.165) is 11.6 Å². The van der Waals surface area contributed by atoms with E-state index < -0.39 is 22.6 Å². The zero-order chi connectivity index (χ0) is 16.8. The van der Waals surface area contributed by atoms with E-state index in [-0.39, 0.29) is 10.6 Å². The van der Waals surface area contributed by atoms with Crippen LogP contribution in [-0.2, 0) is 22.1 Å². The number of carbonyl (C=O) groups is 1. The van der Waals surface area contributed by atoms with Gasteiger partial charge in [-0.1, -0.05) is 12.1 Å². The Kier molecular flexibility index (Phi) is 5.84. The molecule has 1 atom stereocenters. The zero-order valence-corrected chi connectivity index (χ0v) is 13.6. The maximum atomic E-state index is 13.7. The summed E-state index contributed by atoms with van der Waals surface area (Å²) in [5.41, 5.74) is 1.88. The van der Waals surface area contributed by atoms with E-state index in [4.69, 9.17) is 4.74 Å². The van der Waals surface area contributed by atoms with Crippen LogP contribution in [0.15, 0.2) is 47.4 Å². The van der Waals surface area contributed by atoms with Crippen LogP contribution in [0.1, 0.15) is 5.56 Å². The first-order valence-electron chi connectivity index (χ1n) is 6.78. The summed E-state index contributed by atoms with van der Waals surface area (Å²) in [6.07, 6.45) is 1.39. The van der Waals surface area contributed by atoms with E-state index in [0.29, 0.717) is 12.3 Å². The lowest BCUT2D eigenvalue weighted by molar-refractivity contribution is 0.185. The third-order valence-electron chi connectivity index (χ3n) is 3.02. The molecule has 0 spiro atoms. The van der Waals surface area contributed by atoms with Crippen LogP contribution in [0, 0.1) is 5.82 Å². The molecule has 2 N–H and O–H groups in total. The molecule has 0 heterocycles. The van der Waals surface area contributed by atoms with Gasteiger partial charge in [-0.15, -0.1) is 0 Å². The number of benzene rings is 2. The lowest BCUT2D eigenvalue weighted by Gasteiger charge is -2.09. The minimum atomic E-state index is -1.41. The minimum absolute atomic E-state index is 0.102. The van der Waals surface area contributed by atoms with Crippen molar-refractivity contribution >= 4 is 28.2 Å². The van der Waals surface area contributed by atoms with Gasteiger partial charge in [-0.2, -0.15) is 0 Å². The monoisotopic (exact) mass is 336 g/mol. The van der Waals surface area contributed by atoms with E-state index in [1.165, 1.54) is 18.4 Å². The second-order valence-electron chi connectivity index (χ2n) is 4.81. The maximum absolute atomic E-state index is 13.7. The molecule has 2 amide bonds. The van der Waals surface area contributed by atoms with Gasteiger partial charge in [-0.25, -0.2) is 9.18 Å². The van der Waals surface area contributed by atoms with E-state index >= 15 is 0 Å². The highest BCUT2D eigenvalue weighted by Crippen LogP contribution is 2.17. The van der Waals surface area contributed by atoms with Gasteiger partial charge >= 0.3 is 6.03 Å². The highest BCUT2D eigenvalue weighted by atomic mass is 32.2. The molecular weight excluding hydrogens is 319 g/mol. The summed E-state index contributed by atoms with van der Waals surface area (Å²) in [7, 11) is 0.199. The van der Waals surface area contributed by atoms with Crippen molar-refractivity contribution in [3.05, 3.63) is 53.8 Å². The Hall–Kier alpha value is -2.25. The second kappa shape index (κ2) is 7.85. The van der Waals surface area contributed by atoms with Gasteiger partial charge in [0, 0.05) is 24.7 Å². The number of urea groups is 1. The van der Waals surface area contributed by atoms with Crippen molar-refractivity contribution < 1.29 is 18.1 Å². The fourth-order valence-corrected chi connectivity index (χ4v) is 2.55. The molecule has 0 fully saturated rings. The van der Waals surface area contributed by atoms with E-state index in [2.05, 4.69) is 10.6 Å². The lowest BCUT2D eigenvalue weighted by Crippen LogP contribution is -2.19. The summed E-state index contributed by atoms with van der Waals surface area (Å²) in [5.74, 6) is -0.618. The van der Waals surface area contributed by atoms with Crippen LogP contribution in [0.4, 0.5) is 20.6 Å². The van der Waals surface area contributed by atoms with Crippen molar-refractivity contribution in [1.82, 2.24) is 0 Å². The summed E-state index contributed by atoms with van der Waals surface area (Å²) in [6, 6.07) is 10.7. The molecule has 2 rings (SSSR count). The Morgan fingerprint density at radius 3 is 2.30 bits per heavy atom.